The molecule has 8 heteroatoms. The minimum atomic E-state index is -0.844. The number of nitrogen functional groups attached to an aromatic ring is 1. The van der Waals surface area contributed by atoms with Crippen molar-refractivity contribution in [2.45, 2.75) is 26.2 Å². The zero-order valence-corrected chi connectivity index (χ0v) is 15.1. The van der Waals surface area contributed by atoms with Crippen molar-refractivity contribution >= 4 is 28.9 Å². The molecule has 8 nitrogen and oxygen atoms in total. The lowest BCUT2D eigenvalue weighted by Gasteiger charge is -2.15. The molecule has 1 amide bonds. The van der Waals surface area contributed by atoms with E-state index < -0.39 is 29.1 Å². The lowest BCUT2D eigenvalue weighted by Crippen LogP contribution is -2.21. The van der Waals surface area contributed by atoms with Crippen LogP contribution in [0.4, 0.5) is 17.1 Å². The van der Waals surface area contributed by atoms with Gasteiger partial charge >= 0.3 is 5.97 Å². The summed E-state index contributed by atoms with van der Waals surface area (Å²) in [6.45, 7) is 3.60. The van der Waals surface area contributed by atoms with Gasteiger partial charge in [0.2, 0.25) is 0 Å². The van der Waals surface area contributed by atoms with E-state index in [9.17, 15) is 19.7 Å². The zero-order valence-electron chi connectivity index (χ0n) is 15.1. The Labute approximate surface area is 156 Å². The van der Waals surface area contributed by atoms with Gasteiger partial charge in [-0.2, -0.15) is 0 Å². The summed E-state index contributed by atoms with van der Waals surface area (Å²) in [7, 11) is 0. The van der Waals surface area contributed by atoms with Crippen LogP contribution in [0.1, 0.15) is 42.1 Å². The van der Waals surface area contributed by atoms with Gasteiger partial charge in [-0.15, -0.1) is 0 Å². The quantitative estimate of drug-likeness (QED) is 0.332. The number of esters is 1. The second kappa shape index (κ2) is 8.79. The third-order valence-corrected chi connectivity index (χ3v) is 4.18. The van der Waals surface area contributed by atoms with Gasteiger partial charge in [0.05, 0.1) is 10.5 Å². The van der Waals surface area contributed by atoms with Crippen molar-refractivity contribution in [3.63, 3.8) is 0 Å². The maximum absolute atomic E-state index is 12.1. The first-order valence-electron chi connectivity index (χ1n) is 8.43. The Balaban J connectivity index is 2.01. The molecule has 0 radical (unpaired) electrons. The summed E-state index contributed by atoms with van der Waals surface area (Å²) < 4.78 is 4.95. The molecule has 0 saturated carbocycles. The lowest BCUT2D eigenvalue weighted by atomic mass is 9.97. The Morgan fingerprint density at radius 2 is 1.96 bits per heavy atom. The number of carbonyl (C=O) groups is 2. The van der Waals surface area contributed by atoms with E-state index in [2.05, 4.69) is 19.2 Å². The van der Waals surface area contributed by atoms with Gasteiger partial charge < -0.3 is 15.8 Å². The fourth-order valence-electron chi connectivity index (χ4n) is 2.49. The fourth-order valence-corrected chi connectivity index (χ4v) is 2.49. The molecule has 142 valence electrons. The molecule has 0 heterocycles. The first kappa shape index (κ1) is 19.9. The van der Waals surface area contributed by atoms with Crippen LogP contribution in [0.2, 0.25) is 0 Å². The highest BCUT2D eigenvalue weighted by molar-refractivity contribution is 5.96. The van der Waals surface area contributed by atoms with Gasteiger partial charge in [0.15, 0.2) is 6.61 Å². The Bertz CT molecular complexity index is 866. The number of anilines is 2. The molecule has 0 unspecified atom stereocenters. The van der Waals surface area contributed by atoms with Crippen LogP contribution in [-0.2, 0) is 9.53 Å². The number of hydrogen-bond donors (Lipinski definition) is 2. The molecule has 0 aliphatic carbocycles. The van der Waals surface area contributed by atoms with Crippen molar-refractivity contribution in [3.8, 4) is 0 Å². The molecule has 0 fully saturated rings. The molecule has 3 N–H and O–H groups in total. The number of nitro groups is 1. The normalized spacial score (nSPS) is 11.5. The first-order valence-corrected chi connectivity index (χ1v) is 8.43. The summed E-state index contributed by atoms with van der Waals surface area (Å²) in [6.07, 6.45) is 0.914. The summed E-state index contributed by atoms with van der Waals surface area (Å²) in [5.74, 6) is -1.08. The molecule has 2 rings (SSSR count). The van der Waals surface area contributed by atoms with E-state index in [1.807, 2.05) is 12.1 Å². The number of nitrogens with one attached hydrogen (secondary N) is 1. The number of para-hydroxylation sites is 1. The third kappa shape index (κ3) is 5.04. The van der Waals surface area contributed by atoms with Crippen LogP contribution >= 0.6 is 0 Å². The Morgan fingerprint density at radius 3 is 2.63 bits per heavy atom. The van der Waals surface area contributed by atoms with Crippen LogP contribution in [0.25, 0.3) is 0 Å². The van der Waals surface area contributed by atoms with E-state index in [4.69, 9.17) is 10.5 Å². The van der Waals surface area contributed by atoms with Crippen LogP contribution in [0, 0.1) is 10.1 Å². The van der Waals surface area contributed by atoms with Crippen molar-refractivity contribution in [1.29, 1.82) is 0 Å². The number of nitrogens with two attached hydrogens (primary N) is 1. The van der Waals surface area contributed by atoms with Crippen molar-refractivity contribution in [2.75, 3.05) is 17.7 Å². The van der Waals surface area contributed by atoms with Crippen molar-refractivity contribution in [3.05, 3.63) is 63.7 Å². The number of hydrogen-bond acceptors (Lipinski definition) is 6. The molecular weight excluding hydrogens is 350 g/mol. The molecule has 0 spiro atoms. The number of nitro benzene ring substituents is 1. The first-order chi connectivity index (χ1) is 12.8. The molecule has 27 heavy (non-hydrogen) atoms. The molecular formula is C19H21N3O5. The van der Waals surface area contributed by atoms with Gasteiger partial charge in [-0.05, 0) is 36.1 Å². The highest BCUT2D eigenvalue weighted by atomic mass is 16.6. The second-order valence-electron chi connectivity index (χ2n) is 6.05. The molecule has 2 aromatic rings. The predicted octanol–water partition coefficient (Wildman–Crippen LogP) is 3.49. The molecule has 1 atom stereocenters. The highest BCUT2D eigenvalue weighted by Gasteiger charge is 2.18. The van der Waals surface area contributed by atoms with Crippen molar-refractivity contribution in [2.24, 2.45) is 0 Å². The van der Waals surface area contributed by atoms with E-state index in [0.717, 1.165) is 18.1 Å². The number of ether oxygens (including phenoxy) is 1. The van der Waals surface area contributed by atoms with Gasteiger partial charge in [-0.1, -0.05) is 32.0 Å². The summed E-state index contributed by atoms with van der Waals surface area (Å²) >= 11 is 0. The van der Waals surface area contributed by atoms with Crippen molar-refractivity contribution in [1.82, 2.24) is 0 Å². The average molecular weight is 371 g/mol. The summed E-state index contributed by atoms with van der Waals surface area (Å²) in [5, 5.41) is 13.6. The van der Waals surface area contributed by atoms with Crippen LogP contribution in [0.15, 0.2) is 42.5 Å². The fraction of sp³-hybridized carbons (Fsp3) is 0.263. The van der Waals surface area contributed by atoms with Gasteiger partial charge in [0.25, 0.3) is 11.6 Å². The molecule has 0 saturated heterocycles. The van der Waals surface area contributed by atoms with E-state index in [0.29, 0.717) is 5.69 Å². The van der Waals surface area contributed by atoms with E-state index in [1.165, 1.54) is 12.1 Å². The van der Waals surface area contributed by atoms with E-state index >= 15 is 0 Å². The summed E-state index contributed by atoms with van der Waals surface area (Å²) in [4.78, 5) is 34.4. The number of amides is 1. The molecule has 0 aliphatic rings. The maximum Gasteiger partial charge on any atom is 0.338 e. The number of benzene rings is 2. The van der Waals surface area contributed by atoms with Crippen LogP contribution in [-0.4, -0.2) is 23.4 Å². The van der Waals surface area contributed by atoms with E-state index in [-0.39, 0.29) is 17.2 Å². The smallest absolute Gasteiger partial charge is 0.338 e. The molecule has 0 bridgehead atoms. The molecule has 2 aromatic carbocycles. The lowest BCUT2D eigenvalue weighted by molar-refractivity contribution is -0.383. The van der Waals surface area contributed by atoms with Gasteiger partial charge in [0.1, 0.15) is 5.69 Å². The van der Waals surface area contributed by atoms with Crippen LogP contribution < -0.4 is 11.1 Å². The largest absolute Gasteiger partial charge is 0.452 e. The predicted molar refractivity (Wildman–Crippen MR) is 102 cm³/mol. The van der Waals surface area contributed by atoms with Gasteiger partial charge in [-0.3, -0.25) is 14.9 Å². The molecule has 0 aliphatic heterocycles. The Kier molecular flexibility index (Phi) is 6.48. The topological polar surface area (TPSA) is 125 Å². The maximum atomic E-state index is 12.1. The zero-order chi connectivity index (χ0) is 20.0. The summed E-state index contributed by atoms with van der Waals surface area (Å²) in [5.41, 5.74) is 6.64. The minimum Gasteiger partial charge on any atom is -0.452 e. The number of nitrogens with zero attached hydrogens (tertiary/aromatic N) is 1. The standard InChI is InChI=1S/C19H21N3O5/c1-3-12(2)14-6-4-5-7-16(14)21-18(23)11-27-19(24)13-8-9-15(20)17(10-13)22(25)26/h4-10,12H,3,11,20H2,1-2H3,(H,21,23)/t12-/m0/s1. The monoisotopic (exact) mass is 371 g/mol. The Hall–Kier alpha value is -3.42. The van der Waals surface area contributed by atoms with Gasteiger partial charge in [0, 0.05) is 11.8 Å². The number of carbonyl (C=O) groups excluding carboxylic acids is 2. The van der Waals surface area contributed by atoms with Crippen molar-refractivity contribution < 1.29 is 19.2 Å². The number of rotatable bonds is 7. The van der Waals surface area contributed by atoms with Gasteiger partial charge in [-0.25, -0.2) is 4.79 Å². The van der Waals surface area contributed by atoms with Crippen LogP contribution in [0.3, 0.4) is 0 Å². The van der Waals surface area contributed by atoms with Crippen LogP contribution in [0.5, 0.6) is 0 Å². The molecule has 0 aromatic heterocycles. The SMILES string of the molecule is CC[C@H](C)c1ccccc1NC(=O)COC(=O)c1ccc(N)c([N+](=O)[O-])c1. The summed E-state index contributed by atoms with van der Waals surface area (Å²) in [6, 6.07) is 11.0. The third-order valence-electron chi connectivity index (χ3n) is 4.18. The van der Waals surface area contributed by atoms with E-state index in [1.54, 1.807) is 12.1 Å². The minimum absolute atomic E-state index is 0.0521. The average Bonchev–Trinajstić information content (AvgIpc) is 2.66. The highest BCUT2D eigenvalue weighted by Crippen LogP contribution is 2.26. The second-order valence-corrected chi connectivity index (χ2v) is 6.05. The Morgan fingerprint density at radius 1 is 1.26 bits per heavy atom.